The summed E-state index contributed by atoms with van der Waals surface area (Å²) in [5.41, 5.74) is 0.529. The molecule has 1 unspecified atom stereocenters. The molecule has 1 aliphatic rings. The average Bonchev–Trinajstić information content (AvgIpc) is 3.53. The molecule has 0 radical (unpaired) electrons. The van der Waals surface area contributed by atoms with E-state index in [0.717, 1.165) is 36.8 Å². The normalized spacial score (nSPS) is 14.3. The fourth-order valence-corrected chi connectivity index (χ4v) is 4.29. The molecule has 0 aliphatic carbocycles. The van der Waals surface area contributed by atoms with Crippen molar-refractivity contribution in [1.29, 1.82) is 5.26 Å². The summed E-state index contributed by atoms with van der Waals surface area (Å²) >= 11 is 1.36. The molecule has 1 atom stereocenters. The zero-order chi connectivity index (χ0) is 23.5. The predicted octanol–water partition coefficient (Wildman–Crippen LogP) is 3.55. The molecule has 3 aromatic heterocycles. The van der Waals surface area contributed by atoms with Gasteiger partial charge in [-0.25, -0.2) is 14.6 Å². The molecule has 0 saturated heterocycles. The first kappa shape index (κ1) is 21.6. The maximum Gasteiger partial charge on any atom is 0.229 e. The number of aryl methyl sites for hydroxylation is 1. The lowest BCUT2D eigenvalue weighted by atomic mass is 10.1. The molecule has 34 heavy (non-hydrogen) atoms. The van der Waals surface area contributed by atoms with Gasteiger partial charge in [0.1, 0.15) is 22.3 Å². The number of fused-ring (bicyclic) bond motifs is 1. The number of rotatable bonds is 4. The monoisotopic (exact) mass is 468 g/mol. The van der Waals surface area contributed by atoms with Crippen LogP contribution in [0.3, 0.4) is 0 Å². The molecular weight excluding hydrogens is 448 g/mol. The first-order valence-corrected chi connectivity index (χ1v) is 11.5. The molecule has 0 fully saturated rings. The Balaban J connectivity index is 1.40. The van der Waals surface area contributed by atoms with E-state index in [0.29, 0.717) is 22.2 Å². The van der Waals surface area contributed by atoms with Gasteiger partial charge in [0.2, 0.25) is 5.95 Å². The number of nitrogens with one attached hydrogen (secondary N) is 1. The average molecular weight is 469 g/mol. The zero-order valence-corrected chi connectivity index (χ0v) is 19.1. The van der Waals surface area contributed by atoms with Crippen molar-refractivity contribution in [2.45, 2.75) is 25.5 Å². The Bertz CT molecular complexity index is 1430. The van der Waals surface area contributed by atoms with Gasteiger partial charge in [0, 0.05) is 42.6 Å². The van der Waals surface area contributed by atoms with Crippen molar-refractivity contribution in [3.63, 3.8) is 0 Å². The molecule has 5 rings (SSSR count). The van der Waals surface area contributed by atoms with Crippen molar-refractivity contribution in [2.75, 3.05) is 16.8 Å². The summed E-state index contributed by atoms with van der Waals surface area (Å²) in [7, 11) is 0. The van der Waals surface area contributed by atoms with Gasteiger partial charge in [-0.1, -0.05) is 12.0 Å². The molecule has 168 valence electrons. The number of aliphatic hydroxyl groups is 1. The van der Waals surface area contributed by atoms with Gasteiger partial charge in [0.25, 0.3) is 0 Å². The number of thiazole rings is 1. The topological polar surface area (TPSA) is 116 Å². The van der Waals surface area contributed by atoms with Crippen molar-refractivity contribution in [1.82, 2.24) is 24.7 Å². The van der Waals surface area contributed by atoms with E-state index in [1.165, 1.54) is 11.3 Å². The molecule has 0 spiro atoms. The summed E-state index contributed by atoms with van der Waals surface area (Å²) in [6.07, 6.45) is 4.24. The van der Waals surface area contributed by atoms with Crippen molar-refractivity contribution in [3.05, 3.63) is 70.4 Å². The van der Waals surface area contributed by atoms with E-state index in [1.54, 1.807) is 31.5 Å². The number of hydrogen-bond donors (Lipinski definition) is 2. The Morgan fingerprint density at radius 1 is 1.18 bits per heavy atom. The first-order valence-electron chi connectivity index (χ1n) is 10.6. The molecular formula is C24H20N8OS. The van der Waals surface area contributed by atoms with Crippen LogP contribution in [-0.4, -0.2) is 36.4 Å². The fraction of sp³-hybridized carbons (Fsp3) is 0.208. The summed E-state index contributed by atoms with van der Waals surface area (Å²) in [5.74, 6) is 7.92. The molecule has 9 nitrogen and oxygen atoms in total. The highest BCUT2D eigenvalue weighted by Crippen LogP contribution is 2.29. The Hall–Kier alpha value is -4.25. The van der Waals surface area contributed by atoms with Crippen molar-refractivity contribution in [3.8, 4) is 17.9 Å². The number of benzene rings is 1. The highest BCUT2D eigenvalue weighted by atomic mass is 32.1. The van der Waals surface area contributed by atoms with E-state index >= 15 is 0 Å². The van der Waals surface area contributed by atoms with Crippen molar-refractivity contribution in [2.24, 2.45) is 0 Å². The number of nitriles is 1. The summed E-state index contributed by atoms with van der Waals surface area (Å²) in [4.78, 5) is 15.2. The van der Waals surface area contributed by atoms with E-state index < -0.39 is 5.60 Å². The summed E-state index contributed by atoms with van der Waals surface area (Å²) in [5, 5.41) is 29.9. The molecule has 4 aromatic rings. The Morgan fingerprint density at radius 2 is 2.09 bits per heavy atom. The van der Waals surface area contributed by atoms with Gasteiger partial charge in [-0.05, 0) is 43.5 Å². The van der Waals surface area contributed by atoms with Crippen LogP contribution in [0.25, 0.3) is 0 Å². The minimum absolute atomic E-state index is 0.434. The molecule has 0 saturated carbocycles. The summed E-state index contributed by atoms with van der Waals surface area (Å²) < 4.78 is 1.90. The van der Waals surface area contributed by atoms with E-state index in [4.69, 9.17) is 5.26 Å². The van der Waals surface area contributed by atoms with Crippen LogP contribution >= 0.6 is 11.3 Å². The molecule has 0 amide bonds. The minimum atomic E-state index is -1.34. The van der Waals surface area contributed by atoms with Gasteiger partial charge in [-0.2, -0.15) is 15.3 Å². The maximum absolute atomic E-state index is 10.6. The molecule has 4 heterocycles. The maximum atomic E-state index is 10.6. The molecule has 1 aromatic carbocycles. The Kier molecular flexibility index (Phi) is 5.68. The molecule has 10 heteroatoms. The van der Waals surface area contributed by atoms with Crippen LogP contribution in [0.5, 0.6) is 0 Å². The Labute approximate surface area is 200 Å². The highest BCUT2D eigenvalue weighted by molar-refractivity contribution is 7.09. The highest BCUT2D eigenvalue weighted by Gasteiger charge is 2.24. The predicted molar refractivity (Wildman–Crippen MR) is 129 cm³/mol. The third kappa shape index (κ3) is 4.46. The standard InChI is InChI=1S/C24H20N8OS/c1-24(33,22-26-10-13-34-22)8-6-19-15-21-31(11-3-12-32(21)30-19)20-7-9-27-23(29-20)28-18-5-2-4-17(14-18)16-25/h2,4-5,7,9-10,13-15,33H,3,11-12H2,1H3,(H,27,28,29). The van der Waals surface area contributed by atoms with E-state index in [-0.39, 0.29) is 0 Å². The fourth-order valence-electron chi connectivity index (χ4n) is 3.63. The van der Waals surface area contributed by atoms with Crippen LogP contribution in [-0.2, 0) is 12.1 Å². The lowest BCUT2D eigenvalue weighted by Crippen LogP contribution is -2.28. The van der Waals surface area contributed by atoms with E-state index in [2.05, 4.69) is 48.2 Å². The van der Waals surface area contributed by atoms with Crippen LogP contribution in [0.2, 0.25) is 0 Å². The second kappa shape index (κ2) is 8.94. The number of hydrogen-bond acceptors (Lipinski definition) is 9. The van der Waals surface area contributed by atoms with Crippen molar-refractivity contribution >= 4 is 34.6 Å². The Morgan fingerprint density at radius 3 is 2.91 bits per heavy atom. The molecule has 0 bridgehead atoms. The quantitative estimate of drug-likeness (QED) is 0.437. The van der Waals surface area contributed by atoms with E-state index in [9.17, 15) is 5.11 Å². The van der Waals surface area contributed by atoms with E-state index in [1.807, 2.05) is 34.3 Å². The minimum Gasteiger partial charge on any atom is -0.371 e. The lowest BCUT2D eigenvalue weighted by Gasteiger charge is -2.28. The largest absolute Gasteiger partial charge is 0.371 e. The lowest BCUT2D eigenvalue weighted by molar-refractivity contribution is 0.122. The third-order valence-electron chi connectivity index (χ3n) is 5.23. The summed E-state index contributed by atoms with van der Waals surface area (Å²) in [6.45, 7) is 3.17. The smallest absolute Gasteiger partial charge is 0.229 e. The zero-order valence-electron chi connectivity index (χ0n) is 18.3. The van der Waals surface area contributed by atoms with Crippen LogP contribution in [0, 0.1) is 23.2 Å². The second-order valence-corrected chi connectivity index (χ2v) is 8.73. The number of aromatic nitrogens is 5. The van der Waals surface area contributed by atoms with Gasteiger partial charge >= 0.3 is 0 Å². The van der Waals surface area contributed by atoms with Crippen LogP contribution < -0.4 is 10.2 Å². The van der Waals surface area contributed by atoms with Gasteiger partial charge in [-0.15, -0.1) is 11.3 Å². The molecule has 1 aliphatic heterocycles. The van der Waals surface area contributed by atoms with Crippen molar-refractivity contribution < 1.29 is 5.11 Å². The van der Waals surface area contributed by atoms with Gasteiger partial charge in [0.05, 0.1) is 11.6 Å². The van der Waals surface area contributed by atoms with Crippen LogP contribution in [0.15, 0.2) is 54.2 Å². The third-order valence-corrected chi connectivity index (χ3v) is 6.22. The number of nitrogens with zero attached hydrogens (tertiary/aromatic N) is 7. The number of anilines is 4. The molecule has 2 N–H and O–H groups in total. The first-order chi connectivity index (χ1) is 16.5. The summed E-state index contributed by atoms with van der Waals surface area (Å²) in [6, 6.07) is 13.0. The van der Waals surface area contributed by atoms with Gasteiger partial charge in [-0.3, -0.25) is 0 Å². The van der Waals surface area contributed by atoms with Crippen LogP contribution in [0.1, 0.15) is 29.6 Å². The SMILES string of the molecule is CC(O)(C#Cc1cc2n(n1)CCCN2c1ccnc(Nc2cccc(C#N)c2)n1)c1nccs1. The van der Waals surface area contributed by atoms with Gasteiger partial charge < -0.3 is 15.3 Å². The second-order valence-electron chi connectivity index (χ2n) is 7.83. The van der Waals surface area contributed by atoms with Crippen LogP contribution in [0.4, 0.5) is 23.3 Å². The van der Waals surface area contributed by atoms with Gasteiger partial charge in [0.15, 0.2) is 5.60 Å².